The fourth-order valence-corrected chi connectivity index (χ4v) is 5.58. The highest BCUT2D eigenvalue weighted by Crippen LogP contribution is 2.35. The van der Waals surface area contributed by atoms with Crippen LogP contribution in [0.5, 0.6) is 23.1 Å². The van der Waals surface area contributed by atoms with Crippen LogP contribution in [0, 0.1) is 0 Å². The van der Waals surface area contributed by atoms with E-state index in [9.17, 15) is 27.9 Å². The van der Waals surface area contributed by atoms with Gasteiger partial charge in [0.15, 0.2) is 0 Å². The Bertz CT molecular complexity index is 2120. The van der Waals surface area contributed by atoms with Crippen LogP contribution in [0.3, 0.4) is 0 Å². The zero-order chi connectivity index (χ0) is 33.1. The van der Waals surface area contributed by atoms with Crippen LogP contribution in [0.1, 0.15) is 21.8 Å². The lowest BCUT2D eigenvalue weighted by atomic mass is 10.1. The summed E-state index contributed by atoms with van der Waals surface area (Å²) >= 11 is 0.971. The number of fused-ring (bicyclic) bond motifs is 1. The standard InChI is InChI=1S/C33H26F3N5O5S/c1-41-27-17-23(46-22-6-4-5-20(16-22)37-31(43)39-25-8-3-2-7-24(25)33(34,35)36)13-14-26(27)38-29(41)18-45-21-11-9-19(10-12-21)15-28-30(42)40-32(44)47-28/h2-14,16-17,42H,15,18H2,1H3,(H,40,44)(H2,37,39,43). The molecule has 0 unspecified atom stereocenters. The van der Waals surface area contributed by atoms with E-state index in [-0.39, 0.29) is 23.0 Å². The van der Waals surface area contributed by atoms with Crippen LogP contribution in [0.4, 0.5) is 29.3 Å². The van der Waals surface area contributed by atoms with Crippen molar-refractivity contribution < 1.29 is 32.5 Å². The number of hydrogen-bond donors (Lipinski definition) is 4. The summed E-state index contributed by atoms with van der Waals surface area (Å²) in [6.07, 6.45) is -4.20. The molecule has 0 aliphatic carbocycles. The minimum Gasteiger partial charge on any atom is -0.494 e. The van der Waals surface area contributed by atoms with Gasteiger partial charge in [-0.1, -0.05) is 41.7 Å². The minimum atomic E-state index is -4.62. The number of thiazole rings is 1. The Kier molecular flexibility index (Phi) is 8.59. The Labute approximate surface area is 269 Å². The summed E-state index contributed by atoms with van der Waals surface area (Å²) in [5.74, 6) is 2.09. The van der Waals surface area contributed by atoms with Crippen molar-refractivity contribution in [3.63, 3.8) is 0 Å². The third-order valence-electron chi connectivity index (χ3n) is 7.11. The number of nitrogens with zero attached hydrogens (tertiary/aromatic N) is 2. The number of aryl methyl sites for hydroxylation is 1. The molecule has 6 rings (SSSR count). The van der Waals surface area contributed by atoms with Crippen LogP contribution in [-0.4, -0.2) is 25.7 Å². The number of anilines is 2. The van der Waals surface area contributed by atoms with E-state index in [4.69, 9.17) is 9.47 Å². The van der Waals surface area contributed by atoms with E-state index < -0.39 is 17.8 Å². The first-order chi connectivity index (χ1) is 22.5. The van der Waals surface area contributed by atoms with Gasteiger partial charge >= 0.3 is 17.1 Å². The van der Waals surface area contributed by atoms with Crippen LogP contribution in [0.2, 0.25) is 0 Å². The van der Waals surface area contributed by atoms with Gasteiger partial charge < -0.3 is 29.8 Å². The van der Waals surface area contributed by atoms with Gasteiger partial charge in [-0.15, -0.1) is 0 Å². The van der Waals surface area contributed by atoms with Crippen LogP contribution in [-0.2, 0) is 26.3 Å². The first-order valence-electron chi connectivity index (χ1n) is 14.1. The lowest BCUT2D eigenvalue weighted by Gasteiger charge is -2.14. The first kappa shape index (κ1) is 31.2. The fraction of sp³-hybridized carbons (Fsp3) is 0.121. The van der Waals surface area contributed by atoms with Crippen molar-refractivity contribution >= 4 is 39.8 Å². The molecule has 2 amide bonds. The van der Waals surface area contributed by atoms with Crippen molar-refractivity contribution in [3.8, 4) is 23.1 Å². The summed E-state index contributed by atoms with van der Waals surface area (Å²) in [4.78, 5) is 31.2. The van der Waals surface area contributed by atoms with Gasteiger partial charge in [-0.2, -0.15) is 13.2 Å². The van der Waals surface area contributed by atoms with Gasteiger partial charge in [-0.25, -0.2) is 9.78 Å². The maximum absolute atomic E-state index is 13.3. The average molecular weight is 662 g/mol. The van der Waals surface area contributed by atoms with Crippen LogP contribution in [0.25, 0.3) is 11.0 Å². The molecule has 0 aliphatic heterocycles. The SMILES string of the molecule is Cn1c(COc2ccc(Cc3sc(=O)[nH]c3O)cc2)nc2ccc(Oc3cccc(NC(=O)Nc4ccccc4C(F)(F)F)c3)cc21. The molecule has 4 N–H and O–H groups in total. The molecule has 0 bridgehead atoms. The number of para-hydroxylation sites is 1. The number of aromatic hydroxyl groups is 1. The topological polar surface area (TPSA) is 130 Å². The van der Waals surface area contributed by atoms with E-state index in [1.165, 1.54) is 18.2 Å². The largest absolute Gasteiger partial charge is 0.494 e. The number of amides is 2. The third kappa shape index (κ3) is 7.39. The maximum atomic E-state index is 13.3. The molecule has 0 saturated heterocycles. The zero-order valence-corrected chi connectivity index (χ0v) is 25.4. The van der Waals surface area contributed by atoms with Gasteiger partial charge in [0.2, 0.25) is 5.88 Å². The van der Waals surface area contributed by atoms with Crippen molar-refractivity contribution in [2.75, 3.05) is 10.6 Å². The quantitative estimate of drug-likeness (QED) is 0.126. The first-order valence-corrected chi connectivity index (χ1v) is 14.9. The molecule has 0 saturated carbocycles. The van der Waals surface area contributed by atoms with Crippen LogP contribution in [0.15, 0.2) is 95.8 Å². The second-order valence-electron chi connectivity index (χ2n) is 10.4. The lowest BCUT2D eigenvalue weighted by molar-refractivity contribution is -0.136. The normalized spacial score (nSPS) is 11.4. The number of hydrogen-bond acceptors (Lipinski definition) is 7. The summed E-state index contributed by atoms with van der Waals surface area (Å²) in [6, 6.07) is 23.1. The fourth-order valence-electron chi connectivity index (χ4n) is 4.82. The molecular formula is C33H26F3N5O5S. The predicted molar refractivity (Wildman–Crippen MR) is 171 cm³/mol. The smallest absolute Gasteiger partial charge is 0.418 e. The highest BCUT2D eigenvalue weighted by Gasteiger charge is 2.33. The van der Waals surface area contributed by atoms with Crippen molar-refractivity contribution in [2.45, 2.75) is 19.2 Å². The molecule has 14 heteroatoms. The third-order valence-corrected chi connectivity index (χ3v) is 7.98. The number of ether oxygens (including phenoxy) is 2. The van der Waals surface area contributed by atoms with Gasteiger partial charge in [0.25, 0.3) is 0 Å². The molecule has 10 nitrogen and oxygen atoms in total. The number of aromatic nitrogens is 3. The van der Waals surface area contributed by atoms with E-state index in [2.05, 4.69) is 20.6 Å². The molecule has 2 heterocycles. The molecule has 0 radical (unpaired) electrons. The number of rotatable bonds is 9. The van der Waals surface area contributed by atoms with Crippen LogP contribution < -0.4 is 25.0 Å². The summed E-state index contributed by atoms with van der Waals surface area (Å²) in [7, 11) is 1.86. The van der Waals surface area contributed by atoms with Gasteiger partial charge in [0, 0.05) is 31.3 Å². The number of urea groups is 1. The summed E-state index contributed by atoms with van der Waals surface area (Å²) in [5, 5.41) is 14.6. The van der Waals surface area contributed by atoms with Gasteiger partial charge in [0.05, 0.1) is 27.2 Å². The second kappa shape index (κ2) is 12.9. The van der Waals surface area contributed by atoms with E-state index in [1.54, 1.807) is 36.4 Å². The Morgan fingerprint density at radius 1 is 0.957 bits per heavy atom. The molecule has 0 spiro atoms. The van der Waals surface area contributed by atoms with Gasteiger partial charge in [-0.3, -0.25) is 9.78 Å². The monoisotopic (exact) mass is 661 g/mol. The van der Waals surface area contributed by atoms with Crippen molar-refractivity contribution in [2.24, 2.45) is 7.05 Å². The van der Waals surface area contributed by atoms with Crippen molar-refractivity contribution in [1.29, 1.82) is 0 Å². The summed E-state index contributed by atoms with van der Waals surface area (Å²) in [5.41, 5.74) is 1.44. The number of halogens is 3. The Morgan fingerprint density at radius 3 is 2.45 bits per heavy atom. The molecule has 0 atom stereocenters. The number of benzene rings is 4. The second-order valence-corrected chi connectivity index (χ2v) is 11.5. The molecule has 2 aromatic heterocycles. The Balaban J connectivity index is 1.08. The summed E-state index contributed by atoms with van der Waals surface area (Å²) < 4.78 is 53.7. The van der Waals surface area contributed by atoms with Gasteiger partial charge in [0.1, 0.15) is 29.7 Å². The summed E-state index contributed by atoms with van der Waals surface area (Å²) in [6.45, 7) is 0.199. The lowest BCUT2D eigenvalue weighted by Crippen LogP contribution is -2.21. The molecule has 47 heavy (non-hydrogen) atoms. The van der Waals surface area contributed by atoms with E-state index >= 15 is 0 Å². The molecule has 6 aromatic rings. The molecular weight excluding hydrogens is 635 g/mol. The number of alkyl halides is 3. The molecule has 0 fully saturated rings. The van der Waals surface area contributed by atoms with Crippen LogP contribution >= 0.6 is 11.3 Å². The van der Waals surface area contributed by atoms with E-state index in [1.807, 2.05) is 41.9 Å². The average Bonchev–Trinajstić information content (AvgIpc) is 3.52. The van der Waals surface area contributed by atoms with E-state index in [0.29, 0.717) is 40.1 Å². The highest BCUT2D eigenvalue weighted by molar-refractivity contribution is 7.09. The molecule has 240 valence electrons. The Morgan fingerprint density at radius 2 is 1.70 bits per heavy atom. The molecule has 0 aliphatic rings. The van der Waals surface area contributed by atoms with Crippen molar-refractivity contribution in [1.82, 2.24) is 14.5 Å². The zero-order valence-electron chi connectivity index (χ0n) is 24.6. The number of aromatic amines is 1. The van der Waals surface area contributed by atoms with Gasteiger partial charge in [-0.05, 0) is 54.1 Å². The number of carbonyl (C=O) groups is 1. The number of imidazole rings is 1. The minimum absolute atomic E-state index is 0.113. The highest BCUT2D eigenvalue weighted by atomic mass is 32.1. The Hall–Kier alpha value is -5.76. The van der Waals surface area contributed by atoms with Crippen molar-refractivity contribution in [3.05, 3.63) is 122 Å². The number of nitrogens with one attached hydrogen (secondary N) is 3. The predicted octanol–water partition coefficient (Wildman–Crippen LogP) is 7.65. The number of H-pyrrole nitrogens is 1. The number of carbonyl (C=O) groups excluding carboxylic acids is 1. The molecule has 4 aromatic carbocycles. The van der Waals surface area contributed by atoms with E-state index in [0.717, 1.165) is 34.0 Å². The maximum Gasteiger partial charge on any atom is 0.418 e.